The van der Waals surface area contributed by atoms with Crippen molar-refractivity contribution in [1.29, 1.82) is 0 Å². The van der Waals surface area contributed by atoms with E-state index in [1.807, 2.05) is 6.07 Å². The van der Waals surface area contributed by atoms with Crippen LogP contribution in [0.3, 0.4) is 0 Å². The Labute approximate surface area is 206 Å². The first-order valence-corrected chi connectivity index (χ1v) is 12.3. The Kier molecular flexibility index (Phi) is 7.00. The average Bonchev–Trinajstić information content (AvgIpc) is 3.49. The van der Waals surface area contributed by atoms with Crippen molar-refractivity contribution >= 4 is 15.1 Å². The van der Waals surface area contributed by atoms with E-state index in [4.69, 9.17) is 9.47 Å². The van der Waals surface area contributed by atoms with Crippen molar-refractivity contribution in [2.24, 2.45) is 5.92 Å². The van der Waals surface area contributed by atoms with Gasteiger partial charge in [-0.15, -0.1) is 0 Å². The van der Waals surface area contributed by atoms with Crippen molar-refractivity contribution < 1.29 is 18.3 Å². The number of halogens is 2. The summed E-state index contributed by atoms with van der Waals surface area (Å²) in [5.41, 5.74) is 1.63. The van der Waals surface area contributed by atoms with Crippen molar-refractivity contribution in [2.45, 2.75) is 25.5 Å². The molecule has 3 aromatic rings. The van der Waals surface area contributed by atoms with Gasteiger partial charge in [0.1, 0.15) is 35.6 Å². The number of rotatable bonds is 7. The predicted molar refractivity (Wildman–Crippen MR) is 132 cm³/mol. The van der Waals surface area contributed by atoms with Crippen molar-refractivity contribution in [3.63, 3.8) is 0 Å². The molecule has 2 aliphatic heterocycles. The summed E-state index contributed by atoms with van der Waals surface area (Å²) < 4.78 is 44.7. The number of ether oxygens (including phenoxy) is 2. The summed E-state index contributed by atoms with van der Waals surface area (Å²) in [6, 6.07) is 9.92. The quantitative estimate of drug-likeness (QED) is 0.460. The van der Waals surface area contributed by atoms with Gasteiger partial charge in [-0.05, 0) is 43.2 Å². The van der Waals surface area contributed by atoms with Crippen LogP contribution in [0, 0.1) is 24.5 Å². The van der Waals surface area contributed by atoms with Gasteiger partial charge < -0.3 is 14.4 Å². The topological polar surface area (TPSA) is 55.7 Å². The lowest BCUT2D eigenvalue weighted by Crippen LogP contribution is -2.42. The lowest BCUT2D eigenvalue weighted by atomic mass is 9.87. The van der Waals surface area contributed by atoms with Gasteiger partial charge in [0.05, 0.1) is 19.8 Å². The highest BCUT2D eigenvalue weighted by atomic mass is 31.0. The fourth-order valence-corrected chi connectivity index (χ4v) is 5.20. The molecule has 0 bridgehead atoms. The number of piperazine rings is 1. The minimum atomic E-state index is -0.974. The van der Waals surface area contributed by atoms with Gasteiger partial charge in [0.2, 0.25) is 0 Å². The molecule has 2 saturated heterocycles. The van der Waals surface area contributed by atoms with Crippen molar-refractivity contribution in [1.82, 2.24) is 19.4 Å². The maximum Gasteiger partial charge on any atom is 0.137 e. The summed E-state index contributed by atoms with van der Waals surface area (Å²) in [6.45, 7) is 7.22. The summed E-state index contributed by atoms with van der Waals surface area (Å²) in [4.78, 5) is 6.37. The first-order chi connectivity index (χ1) is 16.9. The summed E-state index contributed by atoms with van der Waals surface area (Å²) >= 11 is 0. The van der Waals surface area contributed by atoms with Gasteiger partial charge in [-0.1, -0.05) is 15.5 Å². The Morgan fingerprint density at radius 3 is 2.69 bits per heavy atom. The second-order valence-corrected chi connectivity index (χ2v) is 10.1. The van der Waals surface area contributed by atoms with E-state index in [-0.39, 0.29) is 12.5 Å². The minimum Gasteiger partial charge on any atom is -0.493 e. The molecule has 2 fully saturated rings. The molecular formula is C25H30F2N5O2P. The van der Waals surface area contributed by atoms with E-state index in [0.717, 1.165) is 43.6 Å². The highest BCUT2D eigenvalue weighted by Crippen LogP contribution is 2.42. The normalized spacial score (nSPS) is 23.1. The Morgan fingerprint density at radius 1 is 1.14 bits per heavy atom. The number of anilines is 1. The molecule has 0 aliphatic carbocycles. The van der Waals surface area contributed by atoms with Crippen LogP contribution in [0.5, 0.6) is 5.75 Å². The maximum absolute atomic E-state index is 14.8. The lowest BCUT2D eigenvalue weighted by Gasteiger charge is -2.34. The molecule has 186 valence electrons. The molecule has 0 N–H and O–H groups in total. The molecule has 1 aromatic heterocycles. The summed E-state index contributed by atoms with van der Waals surface area (Å²) in [5, 5.41) is 4.17. The van der Waals surface area contributed by atoms with Gasteiger partial charge in [0, 0.05) is 49.4 Å². The van der Waals surface area contributed by atoms with E-state index in [2.05, 4.69) is 48.1 Å². The number of hydrogen-bond donors (Lipinski definition) is 0. The molecular weight excluding hydrogens is 471 g/mol. The third-order valence-electron chi connectivity index (χ3n) is 6.83. The van der Waals surface area contributed by atoms with Crippen LogP contribution in [0.25, 0.3) is 0 Å². The smallest absolute Gasteiger partial charge is 0.137 e. The zero-order valence-electron chi connectivity index (χ0n) is 19.7. The van der Waals surface area contributed by atoms with Gasteiger partial charge in [-0.25, -0.2) is 18.4 Å². The largest absolute Gasteiger partial charge is 0.493 e. The van der Waals surface area contributed by atoms with Crippen molar-refractivity contribution in [3.05, 3.63) is 71.8 Å². The number of benzene rings is 2. The third kappa shape index (κ3) is 5.32. The van der Waals surface area contributed by atoms with Crippen LogP contribution in [-0.4, -0.2) is 58.8 Å². The second kappa shape index (κ2) is 10.2. The van der Waals surface area contributed by atoms with E-state index < -0.39 is 17.2 Å². The summed E-state index contributed by atoms with van der Waals surface area (Å²) in [7, 11) is 2.77. The van der Waals surface area contributed by atoms with E-state index in [9.17, 15) is 8.78 Å². The second-order valence-electron chi connectivity index (χ2n) is 9.38. The van der Waals surface area contributed by atoms with Crippen LogP contribution in [0.4, 0.5) is 14.5 Å². The molecule has 0 saturated carbocycles. The van der Waals surface area contributed by atoms with Crippen LogP contribution in [-0.2, 0) is 16.9 Å². The van der Waals surface area contributed by atoms with Gasteiger partial charge in [0.25, 0.3) is 0 Å². The Balaban J connectivity index is 1.27. The number of nitrogens with zero attached hydrogens (tertiary/aromatic N) is 5. The monoisotopic (exact) mass is 501 g/mol. The van der Waals surface area contributed by atoms with Gasteiger partial charge >= 0.3 is 0 Å². The molecule has 0 radical (unpaired) electrons. The molecule has 10 heteroatoms. The third-order valence-corrected chi connectivity index (χ3v) is 7.35. The first kappa shape index (κ1) is 24.1. The molecule has 5 rings (SSSR count). The van der Waals surface area contributed by atoms with Crippen LogP contribution in [0.1, 0.15) is 17.5 Å². The summed E-state index contributed by atoms with van der Waals surface area (Å²) in [6.07, 6.45) is 3.52. The summed E-state index contributed by atoms with van der Waals surface area (Å²) in [5.74, 6) is -0.368. The van der Waals surface area contributed by atoms with Gasteiger partial charge in [-0.3, -0.25) is 4.67 Å². The van der Waals surface area contributed by atoms with Gasteiger partial charge in [-0.2, -0.15) is 5.10 Å². The lowest BCUT2D eigenvalue weighted by molar-refractivity contribution is -0.0206. The molecule has 2 aromatic carbocycles. The number of aromatic nitrogens is 3. The molecule has 3 heterocycles. The fraction of sp³-hybridized carbons (Fsp3) is 0.440. The van der Waals surface area contributed by atoms with Crippen LogP contribution in [0.2, 0.25) is 0 Å². The molecule has 2 aliphatic rings. The van der Waals surface area contributed by atoms with E-state index in [1.54, 1.807) is 11.0 Å². The van der Waals surface area contributed by atoms with Crippen molar-refractivity contribution in [3.8, 4) is 5.75 Å². The first-order valence-electron chi connectivity index (χ1n) is 11.8. The Morgan fingerprint density at radius 2 is 1.97 bits per heavy atom. The zero-order valence-corrected chi connectivity index (χ0v) is 20.9. The maximum atomic E-state index is 14.8. The zero-order chi connectivity index (χ0) is 24.4. The van der Waals surface area contributed by atoms with Crippen LogP contribution >= 0.6 is 9.39 Å². The Hall–Kier alpha value is -2.61. The molecule has 35 heavy (non-hydrogen) atoms. The van der Waals surface area contributed by atoms with Crippen LogP contribution < -0.4 is 9.64 Å². The van der Waals surface area contributed by atoms with E-state index in [1.165, 1.54) is 24.1 Å². The molecule has 7 nitrogen and oxygen atoms in total. The molecule has 3 atom stereocenters. The minimum absolute atomic E-state index is 0.0391. The average molecular weight is 502 g/mol. The van der Waals surface area contributed by atoms with E-state index in [0.29, 0.717) is 25.2 Å². The SMILES string of the molecule is Cc1cc(N2CCN(P)CC2)ccc1OC[C@@H]1CO[C@@](Cn2cncn2)(c2ccc(F)cc2F)C1. The van der Waals surface area contributed by atoms with Crippen LogP contribution in [0.15, 0.2) is 49.1 Å². The molecule has 0 spiro atoms. The highest BCUT2D eigenvalue weighted by molar-refractivity contribution is 7.13. The molecule has 1 unspecified atom stereocenters. The highest BCUT2D eigenvalue weighted by Gasteiger charge is 2.44. The number of hydrogen-bond acceptors (Lipinski definition) is 6. The molecule has 0 amide bonds. The fourth-order valence-electron chi connectivity index (χ4n) is 4.97. The number of aryl methyl sites for hydroxylation is 1. The van der Waals surface area contributed by atoms with Crippen molar-refractivity contribution in [2.75, 3.05) is 44.3 Å². The predicted octanol–water partition coefficient (Wildman–Crippen LogP) is 3.79. The standard InChI is InChI=1S/C25H30F2N5O2P/c1-18-10-21(30-6-8-32(35)9-7-30)3-5-24(18)33-13-19-12-25(34-14-19,15-31-17-28-16-29-31)22-4-2-20(26)11-23(22)27/h2-5,10-11,16-17,19H,6-9,12-15,35H2,1H3/t19-,25+/m1/s1. The van der Waals surface area contributed by atoms with Gasteiger partial charge in [0.15, 0.2) is 0 Å². The van der Waals surface area contributed by atoms with E-state index >= 15 is 0 Å². The Bertz CT molecular complexity index is 1160.